The molecule has 0 aliphatic carbocycles. The smallest absolute Gasteiger partial charge is 0.326 e. The Morgan fingerprint density at radius 1 is 0.800 bits per heavy atom. The third-order valence-corrected chi connectivity index (χ3v) is 5.34. The molecule has 17 nitrogen and oxygen atoms in total. The molecule has 0 saturated carbocycles. The van der Waals surface area contributed by atoms with Gasteiger partial charge in [-0.3, -0.25) is 29.0 Å². The van der Waals surface area contributed by atoms with Gasteiger partial charge in [0.1, 0.15) is 23.9 Å². The van der Waals surface area contributed by atoms with E-state index in [4.69, 9.17) is 22.9 Å². The standard InChI is InChI=1S/C23H34N8O9/c24-13(8-11-3-5-12(32)6-4-11)19(36)30-16(10-18(34)35)21(38)31-15(9-17(25)33)20(37)29-14(22(39)40)2-1-7-28-23(26)27/h3-6,13-16,32H,1-2,7-10,24H2,(H2,25,33)(H,29,37)(H,30,36)(H,31,38)(H,34,35)(H,39,40)(H4,26,27,28). The summed E-state index contributed by atoms with van der Waals surface area (Å²) >= 11 is 0. The molecule has 4 unspecified atom stereocenters. The van der Waals surface area contributed by atoms with Crippen LogP contribution in [0.3, 0.4) is 0 Å². The van der Waals surface area contributed by atoms with Crippen LogP contribution >= 0.6 is 0 Å². The molecule has 0 spiro atoms. The first-order valence-corrected chi connectivity index (χ1v) is 11.9. The van der Waals surface area contributed by atoms with Crippen LogP contribution in [0, 0.1) is 0 Å². The van der Waals surface area contributed by atoms with Gasteiger partial charge in [0.05, 0.1) is 18.9 Å². The summed E-state index contributed by atoms with van der Waals surface area (Å²) in [5, 5.41) is 34.5. The molecule has 0 aromatic heterocycles. The van der Waals surface area contributed by atoms with Crippen LogP contribution in [0.25, 0.3) is 0 Å². The van der Waals surface area contributed by atoms with Crippen LogP contribution in [0.1, 0.15) is 31.2 Å². The van der Waals surface area contributed by atoms with E-state index in [1.165, 1.54) is 24.3 Å². The van der Waals surface area contributed by atoms with E-state index in [0.29, 0.717) is 5.56 Å². The SMILES string of the molecule is NC(=O)CC(NC(=O)C(CC(=O)O)NC(=O)C(N)Cc1ccc(O)cc1)C(=O)NC(CCCN=C(N)N)C(=O)O. The number of carboxylic acids is 2. The van der Waals surface area contributed by atoms with Gasteiger partial charge >= 0.3 is 11.9 Å². The number of aliphatic imine (C=N–C) groups is 1. The molecule has 0 fully saturated rings. The lowest BCUT2D eigenvalue weighted by Gasteiger charge is -2.24. The van der Waals surface area contributed by atoms with Gasteiger partial charge in [0, 0.05) is 6.54 Å². The number of carbonyl (C=O) groups excluding carboxylic acids is 4. The molecule has 14 N–H and O–H groups in total. The van der Waals surface area contributed by atoms with Crippen LogP contribution < -0.4 is 38.9 Å². The molecule has 220 valence electrons. The average Bonchev–Trinajstić information content (AvgIpc) is 2.85. The molecule has 0 radical (unpaired) electrons. The molecule has 1 aromatic carbocycles. The fraction of sp³-hybridized carbons (Fsp3) is 0.435. The number of nitrogens with zero attached hydrogens (tertiary/aromatic N) is 1. The molecule has 0 heterocycles. The first-order chi connectivity index (χ1) is 18.7. The highest BCUT2D eigenvalue weighted by Crippen LogP contribution is 2.11. The Balaban J connectivity index is 2.96. The summed E-state index contributed by atoms with van der Waals surface area (Å²) in [6, 6.07) is -0.274. The lowest BCUT2D eigenvalue weighted by molar-refractivity contribution is -0.143. The first-order valence-electron chi connectivity index (χ1n) is 11.9. The van der Waals surface area contributed by atoms with Crippen molar-refractivity contribution < 1.29 is 44.1 Å². The van der Waals surface area contributed by atoms with Gasteiger partial charge in [0.25, 0.3) is 0 Å². The second-order valence-electron chi connectivity index (χ2n) is 8.72. The maximum absolute atomic E-state index is 12.9. The highest BCUT2D eigenvalue weighted by Gasteiger charge is 2.32. The molecular formula is C23H34N8O9. The van der Waals surface area contributed by atoms with E-state index in [1.807, 2.05) is 0 Å². The van der Waals surface area contributed by atoms with Crippen molar-refractivity contribution in [3.8, 4) is 5.75 Å². The number of carbonyl (C=O) groups is 6. The molecule has 0 bridgehead atoms. The summed E-state index contributed by atoms with van der Waals surface area (Å²) < 4.78 is 0. The summed E-state index contributed by atoms with van der Waals surface area (Å²) in [5.74, 6) is -7.28. The van der Waals surface area contributed by atoms with Crippen molar-refractivity contribution in [1.29, 1.82) is 0 Å². The summed E-state index contributed by atoms with van der Waals surface area (Å²) in [6.45, 7) is 0.0783. The number of nitrogens with two attached hydrogens (primary N) is 4. The topological polar surface area (TPSA) is 316 Å². The summed E-state index contributed by atoms with van der Waals surface area (Å²) in [6.07, 6.45) is -1.62. The number of benzene rings is 1. The van der Waals surface area contributed by atoms with E-state index in [0.717, 1.165) is 0 Å². The normalized spacial score (nSPS) is 13.5. The van der Waals surface area contributed by atoms with Gasteiger partial charge in [-0.25, -0.2) is 4.79 Å². The fourth-order valence-corrected chi connectivity index (χ4v) is 3.36. The Morgan fingerprint density at radius 3 is 1.82 bits per heavy atom. The van der Waals surface area contributed by atoms with Crippen molar-refractivity contribution >= 4 is 41.5 Å². The van der Waals surface area contributed by atoms with Crippen LogP contribution in [0.4, 0.5) is 0 Å². The van der Waals surface area contributed by atoms with Crippen molar-refractivity contribution in [1.82, 2.24) is 16.0 Å². The number of carboxylic acid groups (broad SMARTS) is 2. The van der Waals surface area contributed by atoms with E-state index < -0.39 is 72.6 Å². The van der Waals surface area contributed by atoms with E-state index >= 15 is 0 Å². The Bertz CT molecular complexity index is 1110. The Morgan fingerprint density at radius 2 is 1.32 bits per heavy atom. The molecule has 0 saturated heterocycles. The molecule has 0 aliphatic rings. The van der Waals surface area contributed by atoms with Gasteiger partial charge in [-0.1, -0.05) is 12.1 Å². The number of aliphatic carboxylic acids is 2. The minimum Gasteiger partial charge on any atom is -0.508 e. The zero-order valence-corrected chi connectivity index (χ0v) is 21.4. The molecule has 1 aromatic rings. The van der Waals surface area contributed by atoms with E-state index in [2.05, 4.69) is 20.9 Å². The van der Waals surface area contributed by atoms with E-state index in [9.17, 15) is 44.1 Å². The van der Waals surface area contributed by atoms with Gasteiger partial charge in [0.15, 0.2) is 5.96 Å². The third-order valence-electron chi connectivity index (χ3n) is 5.34. The summed E-state index contributed by atoms with van der Waals surface area (Å²) in [5.41, 5.74) is 22.0. The number of hydrogen-bond donors (Lipinski definition) is 10. The second kappa shape index (κ2) is 16.1. The van der Waals surface area contributed by atoms with Gasteiger partial charge in [0.2, 0.25) is 23.6 Å². The van der Waals surface area contributed by atoms with Crippen molar-refractivity contribution in [2.75, 3.05) is 6.54 Å². The van der Waals surface area contributed by atoms with Crippen molar-refractivity contribution in [3.63, 3.8) is 0 Å². The van der Waals surface area contributed by atoms with E-state index in [1.54, 1.807) is 0 Å². The maximum atomic E-state index is 12.9. The quantitative estimate of drug-likeness (QED) is 0.0493. The Hall–Kier alpha value is -4.93. The number of guanidine groups is 1. The molecule has 4 atom stereocenters. The molecule has 40 heavy (non-hydrogen) atoms. The zero-order valence-electron chi connectivity index (χ0n) is 21.4. The zero-order chi connectivity index (χ0) is 30.4. The van der Waals surface area contributed by atoms with Crippen molar-refractivity contribution in [2.45, 2.75) is 56.3 Å². The number of aromatic hydroxyl groups is 1. The highest BCUT2D eigenvalue weighted by molar-refractivity contribution is 5.97. The number of amides is 4. The van der Waals surface area contributed by atoms with Crippen LogP contribution in [-0.2, 0) is 35.2 Å². The largest absolute Gasteiger partial charge is 0.508 e. The van der Waals surface area contributed by atoms with E-state index in [-0.39, 0.29) is 37.5 Å². The van der Waals surface area contributed by atoms with Gasteiger partial charge in [-0.05, 0) is 37.0 Å². The predicted octanol–water partition coefficient (Wildman–Crippen LogP) is -3.80. The molecule has 17 heteroatoms. The lowest BCUT2D eigenvalue weighted by Crippen LogP contribution is -2.58. The number of hydrogen-bond acceptors (Lipinski definition) is 9. The lowest BCUT2D eigenvalue weighted by atomic mass is 10.0. The van der Waals surface area contributed by atoms with Crippen LogP contribution in [-0.4, -0.2) is 87.6 Å². The fourth-order valence-electron chi connectivity index (χ4n) is 3.36. The van der Waals surface area contributed by atoms with Crippen LogP contribution in [0.15, 0.2) is 29.3 Å². The van der Waals surface area contributed by atoms with Crippen molar-refractivity contribution in [3.05, 3.63) is 29.8 Å². The maximum Gasteiger partial charge on any atom is 0.326 e. The van der Waals surface area contributed by atoms with Gasteiger partial charge < -0.3 is 54.2 Å². The number of rotatable bonds is 17. The summed E-state index contributed by atoms with van der Waals surface area (Å²) in [7, 11) is 0. The Labute approximate surface area is 228 Å². The summed E-state index contributed by atoms with van der Waals surface area (Å²) in [4.78, 5) is 76.4. The minimum absolute atomic E-state index is 0.00450. The monoisotopic (exact) mass is 566 g/mol. The Kier molecular flexibility index (Phi) is 13.3. The molecule has 4 amide bonds. The van der Waals surface area contributed by atoms with Crippen molar-refractivity contribution in [2.24, 2.45) is 27.9 Å². The third kappa shape index (κ3) is 12.5. The number of phenolic OH excluding ortho intramolecular Hbond substituents is 1. The van der Waals surface area contributed by atoms with Gasteiger partial charge in [-0.15, -0.1) is 0 Å². The number of primary amides is 1. The average molecular weight is 567 g/mol. The van der Waals surface area contributed by atoms with Crippen LogP contribution in [0.2, 0.25) is 0 Å². The highest BCUT2D eigenvalue weighted by atomic mass is 16.4. The molecule has 0 aliphatic heterocycles. The molecule has 1 rings (SSSR count). The minimum atomic E-state index is -1.71. The van der Waals surface area contributed by atoms with Crippen LogP contribution in [0.5, 0.6) is 5.75 Å². The second-order valence-corrected chi connectivity index (χ2v) is 8.72. The van der Waals surface area contributed by atoms with Gasteiger partial charge in [-0.2, -0.15) is 0 Å². The predicted molar refractivity (Wildman–Crippen MR) is 139 cm³/mol. The first kappa shape index (κ1) is 33.1. The number of nitrogens with one attached hydrogen (secondary N) is 3. The number of phenols is 1. The molecular weight excluding hydrogens is 532 g/mol.